The van der Waals surface area contributed by atoms with Crippen LogP contribution in [-0.4, -0.2) is 15.5 Å². The Bertz CT molecular complexity index is 705. The lowest BCUT2D eigenvalue weighted by molar-refractivity contribution is 0.0956. The zero-order valence-electron chi connectivity index (χ0n) is 11.8. The summed E-state index contributed by atoms with van der Waals surface area (Å²) < 4.78 is 1.75. The number of imidazole rings is 1. The van der Waals surface area contributed by atoms with E-state index in [2.05, 4.69) is 27.7 Å². The molecule has 0 atom stereocenters. The summed E-state index contributed by atoms with van der Waals surface area (Å²) in [5.41, 5.74) is 2.73. The second-order valence-corrected chi connectivity index (χ2v) is 5.98. The molecule has 0 bridgehead atoms. The van der Waals surface area contributed by atoms with Gasteiger partial charge < -0.3 is 0 Å². The molecule has 3 rings (SSSR count). The smallest absolute Gasteiger partial charge is 0.256 e. The van der Waals surface area contributed by atoms with E-state index in [4.69, 9.17) is 4.98 Å². The Morgan fingerprint density at radius 3 is 2.58 bits per heavy atom. The average Bonchev–Trinajstić information content (AvgIpc) is 2.74. The zero-order valence-corrected chi connectivity index (χ0v) is 11.8. The highest BCUT2D eigenvalue weighted by molar-refractivity contribution is 5.99. The standard InChI is InChI=1S/C16H18N2O/c1-10(2)11-9-14(19)18-13-8-6-5-7-12(13)17-15(18)16(11,3)4/h5-10H,1-4H3. The fraction of sp³-hybridized carbons (Fsp3) is 0.375. The summed E-state index contributed by atoms with van der Waals surface area (Å²) in [4.78, 5) is 17.1. The SMILES string of the molecule is CC(C)C1=CC(=O)n2c(nc3ccccc32)C1(C)C. The van der Waals surface area contributed by atoms with Crippen molar-refractivity contribution in [1.82, 2.24) is 9.55 Å². The van der Waals surface area contributed by atoms with Crippen LogP contribution in [0.15, 0.2) is 35.9 Å². The van der Waals surface area contributed by atoms with E-state index in [1.807, 2.05) is 24.3 Å². The van der Waals surface area contributed by atoms with E-state index in [1.165, 1.54) is 0 Å². The van der Waals surface area contributed by atoms with Gasteiger partial charge in [-0.05, 0) is 37.5 Å². The molecule has 0 unspecified atom stereocenters. The average molecular weight is 254 g/mol. The van der Waals surface area contributed by atoms with Gasteiger partial charge in [-0.15, -0.1) is 0 Å². The molecule has 1 aromatic carbocycles. The first-order chi connectivity index (χ1) is 8.93. The van der Waals surface area contributed by atoms with Crippen molar-refractivity contribution in [2.45, 2.75) is 33.1 Å². The molecular weight excluding hydrogens is 236 g/mol. The third kappa shape index (κ3) is 1.57. The van der Waals surface area contributed by atoms with E-state index in [-0.39, 0.29) is 11.3 Å². The minimum Gasteiger partial charge on any atom is -0.269 e. The van der Waals surface area contributed by atoms with E-state index in [0.717, 1.165) is 22.4 Å². The summed E-state index contributed by atoms with van der Waals surface area (Å²) in [6.45, 7) is 8.53. The van der Waals surface area contributed by atoms with Crippen molar-refractivity contribution < 1.29 is 4.79 Å². The van der Waals surface area contributed by atoms with Crippen molar-refractivity contribution >= 4 is 16.9 Å². The van der Waals surface area contributed by atoms with Crippen molar-refractivity contribution in [3.63, 3.8) is 0 Å². The van der Waals surface area contributed by atoms with Gasteiger partial charge in [0, 0.05) is 11.5 Å². The molecule has 2 aromatic rings. The maximum Gasteiger partial charge on any atom is 0.256 e. The first-order valence-electron chi connectivity index (χ1n) is 6.67. The number of aromatic nitrogens is 2. The molecule has 98 valence electrons. The van der Waals surface area contributed by atoms with Gasteiger partial charge in [-0.25, -0.2) is 4.98 Å². The van der Waals surface area contributed by atoms with Crippen LogP contribution in [0.3, 0.4) is 0 Å². The molecule has 19 heavy (non-hydrogen) atoms. The molecule has 1 aliphatic rings. The molecule has 0 aliphatic carbocycles. The van der Waals surface area contributed by atoms with E-state index in [9.17, 15) is 4.79 Å². The summed E-state index contributed by atoms with van der Waals surface area (Å²) in [5.74, 6) is 1.21. The maximum absolute atomic E-state index is 12.4. The van der Waals surface area contributed by atoms with Crippen LogP contribution in [-0.2, 0) is 5.41 Å². The van der Waals surface area contributed by atoms with Crippen LogP contribution in [0.2, 0.25) is 0 Å². The lowest BCUT2D eigenvalue weighted by Gasteiger charge is -2.33. The number of carbonyl (C=O) groups excluding carboxylic acids is 1. The van der Waals surface area contributed by atoms with E-state index < -0.39 is 0 Å². The molecule has 0 N–H and O–H groups in total. The predicted octanol–water partition coefficient (Wildman–Crippen LogP) is 3.55. The summed E-state index contributed by atoms with van der Waals surface area (Å²) >= 11 is 0. The van der Waals surface area contributed by atoms with Crippen molar-refractivity contribution in [2.75, 3.05) is 0 Å². The third-order valence-electron chi connectivity index (χ3n) is 3.96. The molecule has 1 aliphatic heterocycles. The maximum atomic E-state index is 12.4. The Morgan fingerprint density at radius 2 is 1.89 bits per heavy atom. The lowest BCUT2D eigenvalue weighted by Crippen LogP contribution is -2.34. The van der Waals surface area contributed by atoms with Gasteiger partial charge in [-0.2, -0.15) is 0 Å². The molecule has 3 nitrogen and oxygen atoms in total. The second kappa shape index (κ2) is 3.80. The van der Waals surface area contributed by atoms with Crippen LogP contribution in [0.5, 0.6) is 0 Å². The molecule has 0 saturated carbocycles. The van der Waals surface area contributed by atoms with Gasteiger partial charge in [-0.3, -0.25) is 9.36 Å². The van der Waals surface area contributed by atoms with Gasteiger partial charge in [0.2, 0.25) is 0 Å². The van der Waals surface area contributed by atoms with Gasteiger partial charge >= 0.3 is 0 Å². The molecule has 0 radical (unpaired) electrons. The Hall–Kier alpha value is -1.90. The van der Waals surface area contributed by atoms with Crippen molar-refractivity contribution in [1.29, 1.82) is 0 Å². The molecular formula is C16H18N2O. The number of hydrogen-bond acceptors (Lipinski definition) is 2. The number of rotatable bonds is 1. The second-order valence-electron chi connectivity index (χ2n) is 5.98. The van der Waals surface area contributed by atoms with Crippen LogP contribution in [0, 0.1) is 5.92 Å². The Labute approximate surface area is 113 Å². The molecule has 2 heterocycles. The zero-order chi connectivity index (χ0) is 13.8. The first kappa shape index (κ1) is 12.2. The van der Waals surface area contributed by atoms with E-state index >= 15 is 0 Å². The number of hydrogen-bond donors (Lipinski definition) is 0. The molecule has 3 heteroatoms. The summed E-state index contributed by atoms with van der Waals surface area (Å²) in [7, 11) is 0. The fourth-order valence-electron chi connectivity index (χ4n) is 3.06. The van der Waals surface area contributed by atoms with Crippen LogP contribution >= 0.6 is 0 Å². The number of carbonyl (C=O) groups is 1. The number of para-hydroxylation sites is 2. The van der Waals surface area contributed by atoms with Crippen LogP contribution in [0.4, 0.5) is 0 Å². The van der Waals surface area contributed by atoms with Crippen molar-refractivity contribution in [2.24, 2.45) is 5.92 Å². The van der Waals surface area contributed by atoms with Gasteiger partial charge in [0.25, 0.3) is 5.91 Å². The van der Waals surface area contributed by atoms with Crippen LogP contribution in [0.25, 0.3) is 11.0 Å². The summed E-state index contributed by atoms with van der Waals surface area (Å²) in [6, 6.07) is 7.81. The minimum atomic E-state index is -0.207. The highest BCUT2D eigenvalue weighted by Crippen LogP contribution is 2.39. The van der Waals surface area contributed by atoms with Gasteiger partial charge in [0.1, 0.15) is 5.82 Å². The Kier molecular flexibility index (Phi) is 2.43. The molecule has 0 spiro atoms. The van der Waals surface area contributed by atoms with Crippen molar-refractivity contribution in [3.05, 3.63) is 41.7 Å². The quantitative estimate of drug-likeness (QED) is 0.780. The van der Waals surface area contributed by atoms with Crippen LogP contribution < -0.4 is 0 Å². The third-order valence-corrected chi connectivity index (χ3v) is 3.96. The minimum absolute atomic E-state index is 0.0201. The molecule has 1 aromatic heterocycles. The highest BCUT2D eigenvalue weighted by Gasteiger charge is 2.38. The predicted molar refractivity (Wildman–Crippen MR) is 76.3 cm³/mol. The number of allylic oxidation sites excluding steroid dienone is 2. The molecule has 0 saturated heterocycles. The number of benzene rings is 1. The molecule has 0 fully saturated rings. The number of fused-ring (bicyclic) bond motifs is 3. The summed E-state index contributed by atoms with van der Waals surface area (Å²) in [6.07, 6.45) is 1.78. The van der Waals surface area contributed by atoms with E-state index in [0.29, 0.717) is 5.92 Å². The van der Waals surface area contributed by atoms with Gasteiger partial charge in [-0.1, -0.05) is 26.0 Å². The first-order valence-corrected chi connectivity index (χ1v) is 6.67. The topological polar surface area (TPSA) is 34.9 Å². The van der Waals surface area contributed by atoms with Gasteiger partial charge in [0.05, 0.1) is 11.0 Å². The molecule has 0 amide bonds. The summed E-state index contributed by atoms with van der Waals surface area (Å²) in [5, 5.41) is 0. The fourth-order valence-corrected chi connectivity index (χ4v) is 3.06. The largest absolute Gasteiger partial charge is 0.269 e. The Balaban J connectivity index is 2.34. The Morgan fingerprint density at radius 1 is 1.21 bits per heavy atom. The van der Waals surface area contributed by atoms with E-state index in [1.54, 1.807) is 10.6 Å². The monoisotopic (exact) mass is 254 g/mol. The highest BCUT2D eigenvalue weighted by atomic mass is 16.2. The lowest BCUT2D eigenvalue weighted by atomic mass is 9.76. The van der Waals surface area contributed by atoms with Crippen LogP contribution in [0.1, 0.15) is 38.3 Å². The number of nitrogens with zero attached hydrogens (tertiary/aromatic N) is 2. The normalized spacial score (nSPS) is 17.7. The van der Waals surface area contributed by atoms with Gasteiger partial charge in [0.15, 0.2) is 0 Å². The van der Waals surface area contributed by atoms with Crippen molar-refractivity contribution in [3.8, 4) is 0 Å².